The lowest BCUT2D eigenvalue weighted by atomic mass is 10.1. The molecule has 0 aliphatic heterocycles. The van der Waals surface area contributed by atoms with Gasteiger partial charge in [-0.15, -0.1) is 5.10 Å². The smallest absolute Gasteiger partial charge is 0.358 e. The number of carboxylic acids is 2. The van der Waals surface area contributed by atoms with Crippen LogP contribution in [0, 0.1) is 6.92 Å². The van der Waals surface area contributed by atoms with E-state index in [1.165, 1.54) is 43.1 Å². The Hall–Kier alpha value is -3.66. The summed E-state index contributed by atoms with van der Waals surface area (Å²) in [5.74, 6) is -2.97. The topological polar surface area (TPSA) is 147 Å². The predicted octanol–water partition coefficient (Wildman–Crippen LogP) is 2.22. The molecule has 0 atom stereocenters. The van der Waals surface area contributed by atoms with Gasteiger partial charge in [0.25, 0.3) is 0 Å². The minimum atomic E-state index is -1.43. The molecule has 0 aliphatic carbocycles. The van der Waals surface area contributed by atoms with Gasteiger partial charge in [-0.1, -0.05) is 16.8 Å². The monoisotopic (exact) mass is 404 g/mol. The zero-order valence-electron chi connectivity index (χ0n) is 14.5. The number of aryl methyl sites for hydroxylation is 1. The fraction of sp³-hybridized carbons (Fsp3) is 0.118. The van der Waals surface area contributed by atoms with Crippen molar-refractivity contribution in [2.75, 3.05) is 7.11 Å². The number of carboxylic acid groups (broad SMARTS) is 2. The Kier molecular flexibility index (Phi) is 4.89. The molecule has 0 spiro atoms. The number of aromatic carboxylic acids is 1. The number of oxime groups is 1. The SMILES string of the molecule is CON=C(C(=O)O)c1c(O)c(C)nc2nn(-c3cc(C(=O)O)ccc3Cl)cc12. The van der Waals surface area contributed by atoms with Crippen molar-refractivity contribution in [1.29, 1.82) is 0 Å². The maximum absolute atomic E-state index is 11.6. The molecule has 144 valence electrons. The summed E-state index contributed by atoms with van der Waals surface area (Å²) >= 11 is 6.17. The molecule has 0 fully saturated rings. The van der Waals surface area contributed by atoms with Gasteiger partial charge in [0, 0.05) is 6.20 Å². The Bertz CT molecular complexity index is 1150. The lowest BCUT2D eigenvalue weighted by Gasteiger charge is -2.07. The van der Waals surface area contributed by atoms with Gasteiger partial charge >= 0.3 is 11.9 Å². The van der Waals surface area contributed by atoms with E-state index in [0.717, 1.165) is 0 Å². The fourth-order valence-electron chi connectivity index (χ4n) is 2.61. The minimum absolute atomic E-state index is 0.0154. The lowest BCUT2D eigenvalue weighted by molar-refractivity contribution is -0.129. The van der Waals surface area contributed by atoms with Gasteiger partial charge < -0.3 is 20.2 Å². The van der Waals surface area contributed by atoms with Crippen LogP contribution in [0.4, 0.5) is 0 Å². The molecule has 0 unspecified atom stereocenters. The number of aromatic hydroxyl groups is 1. The van der Waals surface area contributed by atoms with Crippen LogP contribution in [0.2, 0.25) is 5.02 Å². The van der Waals surface area contributed by atoms with E-state index >= 15 is 0 Å². The van der Waals surface area contributed by atoms with Crippen molar-refractivity contribution in [2.45, 2.75) is 6.92 Å². The highest BCUT2D eigenvalue weighted by atomic mass is 35.5. The highest BCUT2D eigenvalue weighted by Gasteiger charge is 2.25. The number of hydrogen-bond donors (Lipinski definition) is 3. The van der Waals surface area contributed by atoms with Gasteiger partial charge in [-0.2, -0.15) is 0 Å². The molecular formula is C17H13ClN4O6. The summed E-state index contributed by atoms with van der Waals surface area (Å²) in [7, 11) is 1.17. The molecule has 0 saturated carbocycles. The largest absolute Gasteiger partial charge is 0.505 e. The van der Waals surface area contributed by atoms with E-state index in [4.69, 9.17) is 11.6 Å². The first kappa shape index (κ1) is 19.1. The van der Waals surface area contributed by atoms with E-state index in [9.17, 15) is 24.9 Å². The highest BCUT2D eigenvalue weighted by molar-refractivity contribution is 6.45. The van der Waals surface area contributed by atoms with Crippen LogP contribution in [0.5, 0.6) is 5.75 Å². The zero-order chi connectivity index (χ0) is 20.6. The molecule has 2 heterocycles. The number of hydrogen-bond acceptors (Lipinski definition) is 7. The Morgan fingerprint density at radius 3 is 2.61 bits per heavy atom. The first-order valence-corrected chi connectivity index (χ1v) is 8.09. The number of halogens is 1. The predicted molar refractivity (Wildman–Crippen MR) is 98.4 cm³/mol. The number of carbonyl (C=O) groups is 2. The van der Waals surface area contributed by atoms with Gasteiger partial charge in [-0.05, 0) is 25.1 Å². The summed E-state index contributed by atoms with van der Waals surface area (Å²) in [4.78, 5) is 31.5. The molecular weight excluding hydrogens is 392 g/mol. The molecule has 0 saturated heterocycles. The summed E-state index contributed by atoms with van der Waals surface area (Å²) < 4.78 is 1.25. The Balaban J connectivity index is 2.33. The van der Waals surface area contributed by atoms with Crippen molar-refractivity contribution in [3.63, 3.8) is 0 Å². The van der Waals surface area contributed by atoms with Crippen molar-refractivity contribution in [3.8, 4) is 11.4 Å². The van der Waals surface area contributed by atoms with E-state index < -0.39 is 23.4 Å². The standard InChI is InChI=1S/C17H13ClN4O6/c1-7-14(23)12(13(17(26)27)21-28-2)9-6-22(20-15(9)19-7)11-5-8(16(24)25)3-4-10(11)18/h3-6,23H,1-2H3,(H,24,25)(H,26,27). The van der Waals surface area contributed by atoms with E-state index in [-0.39, 0.29) is 38.6 Å². The lowest BCUT2D eigenvalue weighted by Crippen LogP contribution is -2.16. The van der Waals surface area contributed by atoms with E-state index in [0.29, 0.717) is 0 Å². The molecule has 3 aromatic rings. The van der Waals surface area contributed by atoms with Crippen LogP contribution in [0.3, 0.4) is 0 Å². The quantitative estimate of drug-likeness (QED) is 0.433. The van der Waals surface area contributed by atoms with Crippen molar-refractivity contribution in [1.82, 2.24) is 14.8 Å². The van der Waals surface area contributed by atoms with E-state index in [1.807, 2.05) is 0 Å². The zero-order valence-corrected chi connectivity index (χ0v) is 15.3. The number of benzene rings is 1. The van der Waals surface area contributed by atoms with Crippen LogP contribution < -0.4 is 0 Å². The van der Waals surface area contributed by atoms with E-state index in [2.05, 4.69) is 20.1 Å². The second kappa shape index (κ2) is 7.16. The normalized spacial score (nSPS) is 11.6. The number of aliphatic carboxylic acids is 1. The van der Waals surface area contributed by atoms with Crippen molar-refractivity contribution < 1.29 is 29.7 Å². The molecule has 3 rings (SSSR count). The van der Waals surface area contributed by atoms with Crippen LogP contribution in [-0.4, -0.2) is 54.8 Å². The van der Waals surface area contributed by atoms with Gasteiger partial charge in [-0.3, -0.25) is 0 Å². The van der Waals surface area contributed by atoms with E-state index in [1.54, 1.807) is 0 Å². The van der Waals surface area contributed by atoms with Gasteiger partial charge in [0.15, 0.2) is 11.4 Å². The second-order valence-corrected chi connectivity index (χ2v) is 6.04. The van der Waals surface area contributed by atoms with Crippen molar-refractivity contribution in [2.24, 2.45) is 5.16 Å². The van der Waals surface area contributed by atoms with Crippen LogP contribution in [0.25, 0.3) is 16.7 Å². The number of pyridine rings is 1. The first-order valence-electron chi connectivity index (χ1n) is 7.71. The molecule has 3 N–H and O–H groups in total. The fourth-order valence-corrected chi connectivity index (χ4v) is 2.82. The first-order chi connectivity index (χ1) is 13.2. The van der Waals surface area contributed by atoms with Gasteiger partial charge in [-0.25, -0.2) is 19.3 Å². The molecule has 0 radical (unpaired) electrons. The Labute approximate surface area is 162 Å². The Morgan fingerprint density at radius 2 is 2.00 bits per heavy atom. The average Bonchev–Trinajstić information content (AvgIpc) is 3.04. The summed E-state index contributed by atoms with van der Waals surface area (Å²) in [6, 6.07) is 4.05. The minimum Gasteiger partial charge on any atom is -0.505 e. The average molecular weight is 405 g/mol. The van der Waals surface area contributed by atoms with Gasteiger partial charge in [0.2, 0.25) is 0 Å². The molecule has 28 heavy (non-hydrogen) atoms. The molecule has 2 aromatic heterocycles. The molecule has 0 bridgehead atoms. The Morgan fingerprint density at radius 1 is 1.29 bits per heavy atom. The summed E-state index contributed by atoms with van der Waals surface area (Å²) in [6.45, 7) is 1.47. The highest BCUT2D eigenvalue weighted by Crippen LogP contribution is 2.31. The van der Waals surface area contributed by atoms with Crippen LogP contribution in [0.1, 0.15) is 21.6 Å². The summed E-state index contributed by atoms with van der Waals surface area (Å²) in [6.07, 6.45) is 1.37. The third kappa shape index (κ3) is 3.21. The number of rotatable bonds is 5. The van der Waals surface area contributed by atoms with Crippen LogP contribution in [-0.2, 0) is 9.63 Å². The third-order valence-electron chi connectivity index (χ3n) is 3.88. The van der Waals surface area contributed by atoms with Crippen LogP contribution in [0.15, 0.2) is 29.6 Å². The maximum atomic E-state index is 11.6. The number of nitrogens with zero attached hydrogens (tertiary/aromatic N) is 4. The molecule has 0 aliphatic rings. The summed E-state index contributed by atoms with van der Waals surface area (Å²) in [5, 5.41) is 37.1. The van der Waals surface area contributed by atoms with Crippen LogP contribution >= 0.6 is 11.6 Å². The number of aromatic nitrogens is 3. The number of fused-ring (bicyclic) bond motifs is 1. The summed E-state index contributed by atoms with van der Waals surface area (Å²) in [5.41, 5.74) is -0.217. The third-order valence-corrected chi connectivity index (χ3v) is 4.20. The maximum Gasteiger partial charge on any atom is 0.358 e. The molecule has 11 heteroatoms. The van der Waals surface area contributed by atoms with Gasteiger partial charge in [0.1, 0.15) is 12.9 Å². The van der Waals surface area contributed by atoms with Crippen molar-refractivity contribution >= 4 is 40.3 Å². The second-order valence-electron chi connectivity index (χ2n) is 5.63. The molecule has 1 aromatic carbocycles. The molecule has 0 amide bonds. The van der Waals surface area contributed by atoms with Crippen molar-refractivity contribution in [3.05, 3.63) is 46.2 Å². The van der Waals surface area contributed by atoms with Gasteiger partial charge in [0.05, 0.1) is 32.9 Å². The molecule has 10 nitrogen and oxygen atoms in total.